The van der Waals surface area contributed by atoms with Crippen molar-refractivity contribution in [3.05, 3.63) is 60.2 Å². The summed E-state index contributed by atoms with van der Waals surface area (Å²) in [6, 6.07) is 9.91. The van der Waals surface area contributed by atoms with Crippen LogP contribution in [0.5, 0.6) is 0 Å². The molecule has 0 saturated carbocycles. The summed E-state index contributed by atoms with van der Waals surface area (Å²) in [5.41, 5.74) is 2.88. The van der Waals surface area contributed by atoms with Crippen LogP contribution in [0.4, 0.5) is 10.1 Å². The third kappa shape index (κ3) is 3.60. The van der Waals surface area contributed by atoms with Gasteiger partial charge in [0, 0.05) is 23.5 Å². The van der Waals surface area contributed by atoms with E-state index in [1.165, 1.54) is 23.1 Å². The van der Waals surface area contributed by atoms with Gasteiger partial charge in [0.15, 0.2) is 0 Å². The van der Waals surface area contributed by atoms with Gasteiger partial charge in [0.2, 0.25) is 5.91 Å². The summed E-state index contributed by atoms with van der Waals surface area (Å²) in [6.45, 7) is 2.13. The Hall–Kier alpha value is -2.73. The van der Waals surface area contributed by atoms with Gasteiger partial charge in [-0.2, -0.15) is 0 Å². The molecule has 0 bridgehead atoms. The number of H-pyrrole nitrogens is 1. The normalized spacial score (nSPS) is 16.0. The van der Waals surface area contributed by atoms with Crippen LogP contribution in [-0.4, -0.2) is 40.4 Å². The number of likely N-dealkylation sites (tertiary alicyclic amines) is 1. The molecule has 5 nitrogen and oxygen atoms in total. The van der Waals surface area contributed by atoms with Crippen LogP contribution < -0.4 is 5.32 Å². The summed E-state index contributed by atoms with van der Waals surface area (Å²) < 4.78 is 12.9. The number of rotatable bonds is 4. The Morgan fingerprint density at radius 3 is 2.77 bits per heavy atom. The standard InChI is InChI=1S/C20H21FN4O/c21-15-3-5-16(6-4-15)24-19(26)13-25-10-7-14(8-11-25)18-12-23-20-17(18)2-1-9-22-20/h1-6,9,12,14H,7-8,10-11,13H2,(H,22,23)(H,24,26). The number of halogens is 1. The summed E-state index contributed by atoms with van der Waals surface area (Å²) in [6.07, 6.45) is 5.90. The van der Waals surface area contributed by atoms with E-state index in [1.54, 1.807) is 18.3 Å². The van der Waals surface area contributed by atoms with Crippen LogP contribution in [0.25, 0.3) is 11.0 Å². The molecule has 0 unspecified atom stereocenters. The van der Waals surface area contributed by atoms with Crippen LogP contribution >= 0.6 is 0 Å². The van der Waals surface area contributed by atoms with Crippen LogP contribution in [-0.2, 0) is 4.79 Å². The number of aromatic amines is 1. The van der Waals surface area contributed by atoms with Crippen molar-refractivity contribution in [1.82, 2.24) is 14.9 Å². The summed E-state index contributed by atoms with van der Waals surface area (Å²) in [5, 5.41) is 4.01. The zero-order chi connectivity index (χ0) is 17.9. The number of hydrogen-bond acceptors (Lipinski definition) is 3. The molecule has 3 aromatic rings. The minimum Gasteiger partial charge on any atom is -0.346 e. The minimum absolute atomic E-state index is 0.0636. The molecule has 1 saturated heterocycles. The Morgan fingerprint density at radius 2 is 2.00 bits per heavy atom. The Balaban J connectivity index is 1.32. The second kappa shape index (κ2) is 7.25. The highest BCUT2D eigenvalue weighted by atomic mass is 19.1. The van der Waals surface area contributed by atoms with Crippen LogP contribution in [0.15, 0.2) is 48.8 Å². The van der Waals surface area contributed by atoms with Crippen molar-refractivity contribution < 1.29 is 9.18 Å². The van der Waals surface area contributed by atoms with E-state index >= 15 is 0 Å². The number of benzene rings is 1. The monoisotopic (exact) mass is 352 g/mol. The van der Waals surface area contributed by atoms with E-state index in [-0.39, 0.29) is 11.7 Å². The fourth-order valence-corrected chi connectivity index (χ4v) is 3.65. The van der Waals surface area contributed by atoms with Crippen LogP contribution in [0.2, 0.25) is 0 Å². The lowest BCUT2D eigenvalue weighted by Gasteiger charge is -2.31. The van der Waals surface area contributed by atoms with Crippen molar-refractivity contribution in [3.63, 3.8) is 0 Å². The van der Waals surface area contributed by atoms with E-state index in [4.69, 9.17) is 0 Å². The Bertz CT molecular complexity index is 898. The van der Waals surface area contributed by atoms with Gasteiger partial charge in [-0.15, -0.1) is 0 Å². The van der Waals surface area contributed by atoms with Crippen LogP contribution in [0, 0.1) is 5.82 Å². The smallest absolute Gasteiger partial charge is 0.238 e. The van der Waals surface area contributed by atoms with E-state index in [1.807, 2.05) is 6.07 Å². The molecular formula is C20H21FN4O. The molecule has 6 heteroatoms. The molecule has 0 aliphatic carbocycles. The molecule has 0 atom stereocenters. The average molecular weight is 352 g/mol. The maximum absolute atomic E-state index is 12.9. The maximum Gasteiger partial charge on any atom is 0.238 e. The van der Waals surface area contributed by atoms with Gasteiger partial charge in [0.05, 0.1) is 6.54 Å². The predicted molar refractivity (Wildman–Crippen MR) is 99.5 cm³/mol. The topological polar surface area (TPSA) is 61.0 Å². The van der Waals surface area contributed by atoms with Gasteiger partial charge >= 0.3 is 0 Å². The molecule has 4 rings (SSSR count). The van der Waals surface area contributed by atoms with Gasteiger partial charge in [0.1, 0.15) is 11.5 Å². The number of fused-ring (bicyclic) bond motifs is 1. The van der Waals surface area contributed by atoms with E-state index in [0.717, 1.165) is 31.6 Å². The lowest BCUT2D eigenvalue weighted by Crippen LogP contribution is -2.38. The van der Waals surface area contributed by atoms with Crippen molar-refractivity contribution in [1.29, 1.82) is 0 Å². The highest BCUT2D eigenvalue weighted by molar-refractivity contribution is 5.92. The predicted octanol–water partition coefficient (Wildman–Crippen LogP) is 3.52. The van der Waals surface area contributed by atoms with Crippen LogP contribution in [0.1, 0.15) is 24.3 Å². The number of nitrogens with one attached hydrogen (secondary N) is 2. The highest BCUT2D eigenvalue weighted by Crippen LogP contribution is 2.32. The number of nitrogens with zero attached hydrogens (tertiary/aromatic N) is 2. The number of piperidine rings is 1. The van der Waals surface area contributed by atoms with Gasteiger partial charge < -0.3 is 10.3 Å². The fourth-order valence-electron chi connectivity index (χ4n) is 3.65. The summed E-state index contributed by atoms with van der Waals surface area (Å²) in [4.78, 5) is 22.0. The number of aromatic nitrogens is 2. The van der Waals surface area contributed by atoms with Crippen molar-refractivity contribution in [2.45, 2.75) is 18.8 Å². The quantitative estimate of drug-likeness (QED) is 0.755. The molecule has 3 heterocycles. The molecule has 1 amide bonds. The molecule has 0 radical (unpaired) electrons. The van der Waals surface area contributed by atoms with Crippen molar-refractivity contribution in [2.24, 2.45) is 0 Å². The molecule has 2 N–H and O–H groups in total. The lowest BCUT2D eigenvalue weighted by atomic mass is 9.89. The zero-order valence-electron chi connectivity index (χ0n) is 14.4. The van der Waals surface area contributed by atoms with Gasteiger partial charge in [-0.05, 0) is 73.8 Å². The molecule has 1 fully saturated rings. The summed E-state index contributed by atoms with van der Waals surface area (Å²) >= 11 is 0. The first-order chi connectivity index (χ1) is 12.7. The molecule has 26 heavy (non-hydrogen) atoms. The third-order valence-corrected chi connectivity index (χ3v) is 5.01. The molecule has 2 aromatic heterocycles. The van der Waals surface area contributed by atoms with Gasteiger partial charge in [0.25, 0.3) is 0 Å². The van der Waals surface area contributed by atoms with Gasteiger partial charge in [-0.3, -0.25) is 9.69 Å². The second-order valence-corrected chi connectivity index (χ2v) is 6.75. The molecule has 134 valence electrons. The molecular weight excluding hydrogens is 331 g/mol. The largest absolute Gasteiger partial charge is 0.346 e. The Labute approximate surface area is 151 Å². The van der Waals surface area contributed by atoms with Gasteiger partial charge in [-0.1, -0.05) is 0 Å². The third-order valence-electron chi connectivity index (χ3n) is 5.01. The van der Waals surface area contributed by atoms with E-state index in [2.05, 4.69) is 32.4 Å². The first kappa shape index (κ1) is 16.7. The first-order valence-corrected chi connectivity index (χ1v) is 8.89. The number of anilines is 1. The van der Waals surface area contributed by atoms with E-state index in [9.17, 15) is 9.18 Å². The molecule has 0 spiro atoms. The van der Waals surface area contributed by atoms with Gasteiger partial charge in [-0.25, -0.2) is 9.37 Å². The number of pyridine rings is 1. The van der Waals surface area contributed by atoms with E-state index < -0.39 is 0 Å². The number of hydrogen-bond donors (Lipinski definition) is 2. The number of amides is 1. The Kier molecular flexibility index (Phi) is 4.67. The second-order valence-electron chi connectivity index (χ2n) is 6.75. The maximum atomic E-state index is 12.9. The first-order valence-electron chi connectivity index (χ1n) is 8.89. The number of carbonyl (C=O) groups excluding carboxylic acids is 1. The molecule has 1 aromatic carbocycles. The molecule has 1 aliphatic heterocycles. The van der Waals surface area contributed by atoms with E-state index in [0.29, 0.717) is 18.2 Å². The Morgan fingerprint density at radius 1 is 1.23 bits per heavy atom. The minimum atomic E-state index is -0.308. The summed E-state index contributed by atoms with van der Waals surface area (Å²) in [5.74, 6) is 0.119. The number of carbonyl (C=O) groups is 1. The SMILES string of the molecule is O=C(CN1CCC(c2c[nH]c3ncccc23)CC1)Nc1ccc(F)cc1. The lowest BCUT2D eigenvalue weighted by molar-refractivity contribution is -0.117. The van der Waals surface area contributed by atoms with Crippen molar-refractivity contribution in [3.8, 4) is 0 Å². The molecule has 1 aliphatic rings. The van der Waals surface area contributed by atoms with Crippen molar-refractivity contribution >= 4 is 22.6 Å². The van der Waals surface area contributed by atoms with Crippen LogP contribution in [0.3, 0.4) is 0 Å². The fraction of sp³-hybridized carbons (Fsp3) is 0.300. The van der Waals surface area contributed by atoms with Crippen molar-refractivity contribution in [2.75, 3.05) is 25.0 Å². The average Bonchev–Trinajstić information content (AvgIpc) is 3.08. The highest BCUT2D eigenvalue weighted by Gasteiger charge is 2.24. The summed E-state index contributed by atoms with van der Waals surface area (Å²) in [7, 11) is 0. The zero-order valence-corrected chi connectivity index (χ0v) is 14.4.